The molecule has 0 saturated carbocycles. The minimum Gasteiger partial charge on any atom is -0.368 e. The fraction of sp³-hybridized carbons (Fsp3) is 0. The number of rotatable bonds is 1. The van der Waals surface area contributed by atoms with E-state index in [0.29, 0.717) is 5.95 Å². The number of aliphatic imine (C=N–C) groups is 1. The Kier molecular flexibility index (Phi) is 1.63. The van der Waals surface area contributed by atoms with Gasteiger partial charge in [-0.3, -0.25) is 5.73 Å². The van der Waals surface area contributed by atoms with E-state index in [4.69, 9.17) is 11.5 Å². The van der Waals surface area contributed by atoms with Gasteiger partial charge in [-0.15, -0.1) is 0 Å². The molecule has 1 radical (unpaired) electrons. The van der Waals surface area contributed by atoms with Gasteiger partial charge in [0.1, 0.15) is 0 Å². The molecule has 5 nitrogen and oxygen atoms in total. The molecule has 5 heteroatoms. The van der Waals surface area contributed by atoms with Gasteiger partial charge in [0, 0.05) is 0 Å². The van der Waals surface area contributed by atoms with E-state index in [-0.39, 0.29) is 5.96 Å². The number of imidazole rings is 1. The van der Waals surface area contributed by atoms with Crippen molar-refractivity contribution in [1.82, 2.24) is 15.7 Å². The van der Waals surface area contributed by atoms with Gasteiger partial charge in [0.05, 0.1) is 11.0 Å². The van der Waals surface area contributed by atoms with Gasteiger partial charge in [-0.25, -0.2) is 4.98 Å². The number of hydrogen-bond acceptors (Lipinski definition) is 2. The van der Waals surface area contributed by atoms with Crippen LogP contribution in [0.1, 0.15) is 0 Å². The summed E-state index contributed by atoms with van der Waals surface area (Å²) in [5.74, 6) is 0.118. The minimum atomic E-state index is -0.251. The summed E-state index contributed by atoms with van der Waals surface area (Å²) in [4.78, 5) is 10.7. The highest BCUT2D eigenvalue weighted by molar-refractivity contribution is 5.80. The first-order valence-electron chi connectivity index (χ1n) is 3.76. The van der Waals surface area contributed by atoms with Gasteiger partial charge in [-0.2, -0.15) is 4.99 Å². The van der Waals surface area contributed by atoms with Crippen molar-refractivity contribution in [2.24, 2.45) is 10.7 Å². The Morgan fingerprint density at radius 1 is 1.46 bits per heavy atom. The van der Waals surface area contributed by atoms with Crippen molar-refractivity contribution in [3.63, 3.8) is 0 Å². The molecule has 0 fully saturated rings. The van der Waals surface area contributed by atoms with E-state index in [9.17, 15) is 0 Å². The van der Waals surface area contributed by atoms with Gasteiger partial charge in [-0.05, 0) is 12.1 Å². The van der Waals surface area contributed by atoms with Crippen LogP contribution in [-0.4, -0.2) is 15.9 Å². The number of guanidine groups is 1. The van der Waals surface area contributed by atoms with Crippen LogP contribution in [-0.2, 0) is 0 Å². The highest BCUT2D eigenvalue weighted by Gasteiger charge is 1.99. The van der Waals surface area contributed by atoms with Crippen LogP contribution in [0.3, 0.4) is 0 Å². The van der Waals surface area contributed by atoms with E-state index >= 15 is 0 Å². The van der Waals surface area contributed by atoms with Gasteiger partial charge < -0.3 is 10.7 Å². The molecule has 0 amide bonds. The van der Waals surface area contributed by atoms with E-state index in [1.54, 1.807) is 0 Å². The molecule has 0 aliphatic rings. The number of para-hydroxylation sites is 2. The molecule has 65 valence electrons. The smallest absolute Gasteiger partial charge is 0.231 e. The van der Waals surface area contributed by atoms with Crippen LogP contribution >= 0.6 is 0 Å². The van der Waals surface area contributed by atoms with E-state index in [1.165, 1.54) is 0 Å². The number of nitrogens with two attached hydrogens (primary N) is 1. The second-order valence-electron chi connectivity index (χ2n) is 2.57. The third kappa shape index (κ3) is 1.44. The fourth-order valence-electron chi connectivity index (χ4n) is 1.11. The third-order valence-electron chi connectivity index (χ3n) is 1.60. The Labute approximate surface area is 74.5 Å². The summed E-state index contributed by atoms with van der Waals surface area (Å²) in [6, 6.07) is 7.55. The summed E-state index contributed by atoms with van der Waals surface area (Å²) in [7, 11) is 0. The van der Waals surface area contributed by atoms with Crippen molar-refractivity contribution in [2.75, 3.05) is 0 Å². The number of aromatic amines is 1. The lowest BCUT2D eigenvalue weighted by Gasteiger charge is -1.84. The number of fused-ring (bicyclic) bond motifs is 1. The zero-order valence-corrected chi connectivity index (χ0v) is 6.78. The van der Waals surface area contributed by atoms with E-state index < -0.39 is 0 Å². The number of hydrogen-bond donors (Lipinski definition) is 2. The molecule has 0 atom stereocenters. The highest BCUT2D eigenvalue weighted by Crippen LogP contribution is 2.14. The Bertz CT molecular complexity index is 419. The molecule has 0 bridgehead atoms. The summed E-state index contributed by atoms with van der Waals surface area (Å²) >= 11 is 0. The lowest BCUT2D eigenvalue weighted by Crippen LogP contribution is -2.11. The molecule has 0 saturated heterocycles. The maximum Gasteiger partial charge on any atom is 0.231 e. The number of benzene rings is 1. The standard InChI is InChI=1S/C8H8N5/c9-7(10)13-8-11-5-3-1-2-4-6(5)12-8/h1-4,9H,(H3,10,11,12,13). The molecule has 1 aromatic carbocycles. The maximum atomic E-state index is 6.96. The van der Waals surface area contributed by atoms with E-state index in [0.717, 1.165) is 11.0 Å². The number of nitrogens with one attached hydrogen (secondary N) is 2. The number of nitrogens with zero attached hydrogens (tertiary/aromatic N) is 2. The summed E-state index contributed by atoms with van der Waals surface area (Å²) in [6.45, 7) is 0. The molecular formula is C8H8N5. The predicted molar refractivity (Wildman–Crippen MR) is 50.5 cm³/mol. The van der Waals surface area contributed by atoms with Gasteiger partial charge in [0.2, 0.25) is 11.9 Å². The zero-order valence-electron chi connectivity index (χ0n) is 6.78. The molecule has 1 aromatic heterocycles. The molecule has 0 unspecified atom stereocenters. The van der Waals surface area contributed by atoms with Crippen LogP contribution in [0.5, 0.6) is 0 Å². The first kappa shape index (κ1) is 7.60. The van der Waals surface area contributed by atoms with E-state index in [1.807, 2.05) is 24.3 Å². The van der Waals surface area contributed by atoms with Crippen LogP contribution in [0.2, 0.25) is 0 Å². The van der Waals surface area contributed by atoms with Crippen molar-refractivity contribution in [3.05, 3.63) is 24.3 Å². The third-order valence-corrected chi connectivity index (χ3v) is 1.60. The molecule has 13 heavy (non-hydrogen) atoms. The van der Waals surface area contributed by atoms with Crippen LogP contribution in [0.25, 0.3) is 11.0 Å². The van der Waals surface area contributed by atoms with Gasteiger partial charge in [0.15, 0.2) is 0 Å². The molecular weight excluding hydrogens is 166 g/mol. The molecule has 1 heterocycles. The summed E-state index contributed by atoms with van der Waals surface area (Å²) in [5, 5.41) is 0. The molecule has 2 aromatic rings. The van der Waals surface area contributed by atoms with Crippen molar-refractivity contribution >= 4 is 22.9 Å². The zero-order chi connectivity index (χ0) is 9.26. The Hall–Kier alpha value is -2.04. The Balaban J connectivity index is 2.56. The fourth-order valence-corrected chi connectivity index (χ4v) is 1.11. The average molecular weight is 174 g/mol. The number of H-pyrrole nitrogens is 1. The molecule has 0 spiro atoms. The SMILES string of the molecule is [NH]C(N)=Nc1nc2ccccc2[nH]1. The van der Waals surface area contributed by atoms with Crippen LogP contribution in [0, 0.1) is 0 Å². The van der Waals surface area contributed by atoms with Crippen LogP contribution in [0.4, 0.5) is 5.95 Å². The first-order chi connectivity index (χ1) is 6.25. The lowest BCUT2D eigenvalue weighted by atomic mass is 10.3. The average Bonchev–Trinajstić information content (AvgIpc) is 2.44. The second kappa shape index (κ2) is 2.78. The van der Waals surface area contributed by atoms with Crippen LogP contribution < -0.4 is 11.5 Å². The normalized spacial score (nSPS) is 12.2. The van der Waals surface area contributed by atoms with Gasteiger partial charge in [0.25, 0.3) is 0 Å². The minimum absolute atomic E-state index is 0.251. The maximum absolute atomic E-state index is 6.96. The van der Waals surface area contributed by atoms with Crippen molar-refractivity contribution in [2.45, 2.75) is 0 Å². The van der Waals surface area contributed by atoms with Crippen molar-refractivity contribution < 1.29 is 0 Å². The quantitative estimate of drug-likeness (QED) is 0.494. The molecule has 0 aliphatic carbocycles. The van der Waals surface area contributed by atoms with Gasteiger partial charge in [-0.1, -0.05) is 12.1 Å². The predicted octanol–water partition coefficient (Wildman–Crippen LogP) is 0.792. The molecule has 4 N–H and O–H groups in total. The monoisotopic (exact) mass is 174 g/mol. The lowest BCUT2D eigenvalue weighted by molar-refractivity contribution is 1.24. The largest absolute Gasteiger partial charge is 0.368 e. The summed E-state index contributed by atoms with van der Waals surface area (Å²) in [5.41, 5.74) is 13.8. The Morgan fingerprint density at radius 3 is 2.92 bits per heavy atom. The van der Waals surface area contributed by atoms with Crippen molar-refractivity contribution in [3.8, 4) is 0 Å². The summed E-state index contributed by atoms with van der Waals surface area (Å²) < 4.78 is 0. The van der Waals surface area contributed by atoms with Crippen molar-refractivity contribution in [1.29, 1.82) is 0 Å². The van der Waals surface area contributed by atoms with E-state index in [2.05, 4.69) is 15.0 Å². The second-order valence-corrected chi connectivity index (χ2v) is 2.57. The summed E-state index contributed by atoms with van der Waals surface area (Å²) in [6.07, 6.45) is 0. The molecule has 0 aliphatic heterocycles. The first-order valence-corrected chi connectivity index (χ1v) is 3.76. The topological polar surface area (TPSA) is 90.9 Å². The van der Waals surface area contributed by atoms with Gasteiger partial charge >= 0.3 is 0 Å². The molecule has 2 rings (SSSR count). The Morgan fingerprint density at radius 2 is 2.23 bits per heavy atom. The number of aromatic nitrogens is 2. The highest BCUT2D eigenvalue weighted by atomic mass is 15.1. The van der Waals surface area contributed by atoms with Crippen LogP contribution in [0.15, 0.2) is 29.3 Å².